The molecule has 16 heavy (non-hydrogen) atoms. The first-order valence-corrected chi connectivity index (χ1v) is 5.86. The van der Waals surface area contributed by atoms with Gasteiger partial charge in [0.2, 0.25) is 0 Å². The van der Waals surface area contributed by atoms with Gasteiger partial charge in [0.05, 0.1) is 18.1 Å². The fourth-order valence-electron chi connectivity index (χ4n) is 1.47. The summed E-state index contributed by atoms with van der Waals surface area (Å²) in [6, 6.07) is 3.33. The lowest BCUT2D eigenvalue weighted by Crippen LogP contribution is -2.45. The van der Waals surface area contributed by atoms with E-state index in [0.717, 1.165) is 31.2 Å². The van der Waals surface area contributed by atoms with Crippen LogP contribution in [0.1, 0.15) is 4.88 Å². The number of hydrazine groups is 1. The average Bonchev–Trinajstić information content (AvgIpc) is 2.76. The Morgan fingerprint density at radius 3 is 2.88 bits per heavy atom. The van der Waals surface area contributed by atoms with Crippen molar-refractivity contribution in [3.05, 3.63) is 27.1 Å². The monoisotopic (exact) mass is 243 g/mol. The molecule has 0 unspecified atom stereocenters. The van der Waals surface area contributed by atoms with E-state index in [9.17, 15) is 10.1 Å². The number of thiophene rings is 1. The fourth-order valence-corrected chi connectivity index (χ4v) is 2.22. The van der Waals surface area contributed by atoms with E-state index in [2.05, 4.69) is 10.4 Å². The third-order valence-electron chi connectivity index (χ3n) is 2.32. The summed E-state index contributed by atoms with van der Waals surface area (Å²) in [6.07, 6.45) is 0. The zero-order chi connectivity index (χ0) is 11.4. The Hall–Kier alpha value is -1.02. The van der Waals surface area contributed by atoms with Crippen molar-refractivity contribution in [3.63, 3.8) is 0 Å². The number of hydrogen-bond donors (Lipinski definition) is 1. The first-order chi connectivity index (χ1) is 7.75. The van der Waals surface area contributed by atoms with Gasteiger partial charge < -0.3 is 4.74 Å². The summed E-state index contributed by atoms with van der Waals surface area (Å²) < 4.78 is 5.22. The van der Waals surface area contributed by atoms with Crippen molar-refractivity contribution in [1.82, 2.24) is 10.4 Å². The SMILES string of the molecule is O=[N+]([O-])c1ccc(CNN2CCOCC2)s1. The van der Waals surface area contributed by atoms with Crippen LogP contribution in [0.4, 0.5) is 5.00 Å². The second kappa shape index (κ2) is 5.35. The summed E-state index contributed by atoms with van der Waals surface area (Å²) in [7, 11) is 0. The molecule has 0 saturated carbocycles. The largest absolute Gasteiger partial charge is 0.379 e. The maximum Gasteiger partial charge on any atom is 0.324 e. The third kappa shape index (κ3) is 2.99. The highest BCUT2D eigenvalue weighted by molar-refractivity contribution is 7.15. The highest BCUT2D eigenvalue weighted by Crippen LogP contribution is 2.23. The first kappa shape index (κ1) is 11.5. The Morgan fingerprint density at radius 1 is 1.50 bits per heavy atom. The summed E-state index contributed by atoms with van der Waals surface area (Å²) in [5.41, 5.74) is 3.23. The van der Waals surface area contributed by atoms with Crippen LogP contribution in [0.5, 0.6) is 0 Å². The van der Waals surface area contributed by atoms with Gasteiger partial charge in [0.1, 0.15) is 0 Å². The lowest BCUT2D eigenvalue weighted by molar-refractivity contribution is -0.380. The van der Waals surface area contributed by atoms with Crippen LogP contribution in [0.2, 0.25) is 0 Å². The van der Waals surface area contributed by atoms with E-state index < -0.39 is 0 Å². The molecule has 0 spiro atoms. The topological polar surface area (TPSA) is 67.6 Å². The molecule has 1 N–H and O–H groups in total. The molecule has 2 rings (SSSR count). The van der Waals surface area contributed by atoms with Crippen LogP contribution in [-0.4, -0.2) is 36.2 Å². The molecule has 0 aromatic carbocycles. The Kier molecular flexibility index (Phi) is 3.83. The molecule has 1 aliphatic heterocycles. The summed E-state index contributed by atoms with van der Waals surface area (Å²) in [5.74, 6) is 0. The van der Waals surface area contributed by atoms with Crippen LogP contribution in [0.15, 0.2) is 12.1 Å². The van der Waals surface area contributed by atoms with Gasteiger partial charge in [-0.25, -0.2) is 10.4 Å². The van der Waals surface area contributed by atoms with E-state index >= 15 is 0 Å². The summed E-state index contributed by atoms with van der Waals surface area (Å²) >= 11 is 1.21. The normalized spacial score (nSPS) is 17.5. The number of nitrogens with one attached hydrogen (secondary N) is 1. The Morgan fingerprint density at radius 2 is 2.25 bits per heavy atom. The van der Waals surface area contributed by atoms with Crippen molar-refractivity contribution in [3.8, 4) is 0 Å². The van der Waals surface area contributed by atoms with Gasteiger partial charge in [-0.3, -0.25) is 10.1 Å². The third-order valence-corrected chi connectivity index (χ3v) is 3.35. The van der Waals surface area contributed by atoms with Crippen LogP contribution in [0, 0.1) is 10.1 Å². The van der Waals surface area contributed by atoms with E-state index in [0.29, 0.717) is 6.54 Å². The molecule has 1 saturated heterocycles. The number of morpholine rings is 1. The minimum absolute atomic E-state index is 0.193. The van der Waals surface area contributed by atoms with E-state index in [1.54, 1.807) is 12.1 Å². The van der Waals surface area contributed by atoms with Gasteiger partial charge in [-0.1, -0.05) is 11.3 Å². The molecule has 0 bridgehead atoms. The van der Waals surface area contributed by atoms with Crippen molar-refractivity contribution < 1.29 is 9.66 Å². The number of rotatable bonds is 4. The molecule has 1 aromatic heterocycles. The average molecular weight is 243 g/mol. The van der Waals surface area contributed by atoms with Crippen LogP contribution in [0.25, 0.3) is 0 Å². The highest BCUT2D eigenvalue weighted by atomic mass is 32.1. The molecule has 0 aliphatic carbocycles. The molecule has 7 heteroatoms. The van der Waals surface area contributed by atoms with Crippen molar-refractivity contribution in [2.75, 3.05) is 26.3 Å². The Bertz CT molecular complexity index is 363. The van der Waals surface area contributed by atoms with Crippen LogP contribution < -0.4 is 5.43 Å². The molecule has 0 atom stereocenters. The molecular weight excluding hydrogens is 230 g/mol. The van der Waals surface area contributed by atoms with Crippen molar-refractivity contribution in [1.29, 1.82) is 0 Å². The molecule has 0 radical (unpaired) electrons. The van der Waals surface area contributed by atoms with Gasteiger partial charge in [-0.05, 0) is 6.07 Å². The summed E-state index contributed by atoms with van der Waals surface area (Å²) in [4.78, 5) is 11.1. The number of nitrogens with zero attached hydrogens (tertiary/aromatic N) is 2. The van der Waals surface area contributed by atoms with Crippen LogP contribution >= 0.6 is 11.3 Å². The molecule has 1 aliphatic rings. The predicted octanol–water partition coefficient (Wildman–Crippen LogP) is 0.993. The Balaban J connectivity index is 1.81. The Labute approximate surface area is 96.9 Å². The van der Waals surface area contributed by atoms with E-state index in [-0.39, 0.29) is 9.92 Å². The van der Waals surface area contributed by atoms with Gasteiger partial charge in [0.15, 0.2) is 0 Å². The predicted molar refractivity (Wildman–Crippen MR) is 60.2 cm³/mol. The second-order valence-corrected chi connectivity index (χ2v) is 4.58. The lowest BCUT2D eigenvalue weighted by Gasteiger charge is -2.26. The minimum atomic E-state index is -0.358. The van der Waals surface area contributed by atoms with Crippen LogP contribution in [-0.2, 0) is 11.3 Å². The second-order valence-electron chi connectivity index (χ2n) is 3.43. The number of nitro groups is 1. The zero-order valence-electron chi connectivity index (χ0n) is 8.72. The van der Waals surface area contributed by atoms with E-state index in [1.807, 2.05) is 0 Å². The molecule has 0 amide bonds. The molecule has 1 fully saturated rings. The van der Waals surface area contributed by atoms with Crippen LogP contribution in [0.3, 0.4) is 0 Å². The minimum Gasteiger partial charge on any atom is -0.379 e. The van der Waals surface area contributed by atoms with Gasteiger partial charge in [0, 0.05) is 30.6 Å². The number of ether oxygens (including phenoxy) is 1. The zero-order valence-corrected chi connectivity index (χ0v) is 9.53. The first-order valence-electron chi connectivity index (χ1n) is 5.05. The summed E-state index contributed by atoms with van der Waals surface area (Å²) in [5, 5.41) is 12.8. The molecular formula is C9H13N3O3S. The van der Waals surface area contributed by atoms with E-state index in [1.165, 1.54) is 11.3 Å². The quantitative estimate of drug-likeness (QED) is 0.631. The van der Waals surface area contributed by atoms with E-state index in [4.69, 9.17) is 4.74 Å². The van der Waals surface area contributed by atoms with Gasteiger partial charge in [-0.15, -0.1) is 0 Å². The highest BCUT2D eigenvalue weighted by Gasteiger charge is 2.12. The smallest absolute Gasteiger partial charge is 0.324 e. The summed E-state index contributed by atoms with van der Waals surface area (Å²) in [6.45, 7) is 3.81. The van der Waals surface area contributed by atoms with Crippen molar-refractivity contribution in [2.45, 2.75) is 6.54 Å². The standard InChI is InChI=1S/C9H13N3O3S/c13-12(14)9-2-1-8(16-9)7-10-11-3-5-15-6-4-11/h1-2,10H,3-7H2. The van der Waals surface area contributed by atoms with Gasteiger partial charge in [-0.2, -0.15) is 0 Å². The molecule has 88 valence electrons. The fraction of sp³-hybridized carbons (Fsp3) is 0.556. The number of hydrogen-bond acceptors (Lipinski definition) is 6. The maximum absolute atomic E-state index is 10.5. The molecule has 1 aromatic rings. The molecule has 2 heterocycles. The lowest BCUT2D eigenvalue weighted by atomic mass is 10.4. The van der Waals surface area contributed by atoms with Gasteiger partial charge >= 0.3 is 5.00 Å². The van der Waals surface area contributed by atoms with Crippen molar-refractivity contribution in [2.24, 2.45) is 0 Å². The van der Waals surface area contributed by atoms with Crippen molar-refractivity contribution >= 4 is 16.3 Å². The maximum atomic E-state index is 10.5. The molecule has 6 nitrogen and oxygen atoms in total. The van der Waals surface area contributed by atoms with Gasteiger partial charge in [0.25, 0.3) is 0 Å².